The van der Waals surface area contributed by atoms with Gasteiger partial charge in [-0.1, -0.05) is 31.5 Å². The molecule has 2 heteroatoms. The van der Waals surface area contributed by atoms with Crippen molar-refractivity contribution in [2.24, 2.45) is 7.05 Å². The Labute approximate surface area is 118 Å². The molecule has 3 aromatic rings. The zero-order valence-corrected chi connectivity index (χ0v) is 12.4. The maximum Gasteiger partial charge on any atom is 0.197 e. The van der Waals surface area contributed by atoms with Crippen LogP contribution in [0.15, 0.2) is 41.2 Å². The number of hydrogen-bond donors (Lipinski definition) is 0. The summed E-state index contributed by atoms with van der Waals surface area (Å²) in [5.41, 5.74) is 4.52. The van der Waals surface area contributed by atoms with E-state index in [2.05, 4.69) is 36.6 Å². The summed E-state index contributed by atoms with van der Waals surface area (Å²) in [6.45, 7) is 6.36. The molecule has 0 radical (unpaired) electrons. The molecule has 0 atom stereocenters. The molecule has 102 valence electrons. The number of aryl methyl sites for hydroxylation is 2. The number of rotatable bonds is 1. The minimum absolute atomic E-state index is 0.132. The van der Waals surface area contributed by atoms with Gasteiger partial charge in [0.1, 0.15) is 0 Å². The zero-order chi connectivity index (χ0) is 14.4. The number of fused-ring (bicyclic) bond motifs is 2. The van der Waals surface area contributed by atoms with Crippen LogP contribution in [0.5, 0.6) is 0 Å². The Balaban J connectivity index is 2.52. The van der Waals surface area contributed by atoms with Crippen LogP contribution in [-0.2, 0) is 7.05 Å². The molecule has 3 rings (SSSR count). The second kappa shape index (κ2) is 4.48. The number of nitrogens with zero attached hydrogens (tertiary/aromatic N) is 1. The molecule has 0 bridgehead atoms. The molecule has 0 N–H and O–H groups in total. The first kappa shape index (κ1) is 12.9. The third-order valence-corrected chi connectivity index (χ3v) is 4.05. The molecule has 2 nitrogen and oxygen atoms in total. The molecule has 0 spiro atoms. The molecule has 0 aliphatic rings. The predicted octanol–water partition coefficient (Wildman–Crippen LogP) is 4.12. The van der Waals surface area contributed by atoms with Gasteiger partial charge in [-0.2, -0.15) is 0 Å². The van der Waals surface area contributed by atoms with Crippen LogP contribution in [-0.4, -0.2) is 4.57 Å². The third kappa shape index (κ3) is 1.83. The summed E-state index contributed by atoms with van der Waals surface area (Å²) in [5.74, 6) is 0.461. The van der Waals surface area contributed by atoms with Gasteiger partial charge in [-0.05, 0) is 42.7 Å². The minimum atomic E-state index is 0.132. The molecule has 2 aromatic carbocycles. The van der Waals surface area contributed by atoms with Crippen molar-refractivity contribution in [2.45, 2.75) is 26.7 Å². The van der Waals surface area contributed by atoms with Gasteiger partial charge < -0.3 is 4.57 Å². The monoisotopic (exact) mass is 265 g/mol. The van der Waals surface area contributed by atoms with Crippen LogP contribution in [0, 0.1) is 6.92 Å². The first-order valence-corrected chi connectivity index (χ1v) is 7.02. The lowest BCUT2D eigenvalue weighted by molar-refractivity contribution is 0.866. The van der Waals surface area contributed by atoms with Crippen LogP contribution in [0.4, 0.5) is 0 Å². The van der Waals surface area contributed by atoms with Gasteiger partial charge in [-0.25, -0.2) is 0 Å². The summed E-state index contributed by atoms with van der Waals surface area (Å²) in [4.78, 5) is 12.7. The van der Waals surface area contributed by atoms with Crippen LogP contribution < -0.4 is 5.43 Å². The predicted molar refractivity (Wildman–Crippen MR) is 85.5 cm³/mol. The Hall–Kier alpha value is -2.09. The van der Waals surface area contributed by atoms with Crippen LogP contribution >= 0.6 is 0 Å². The smallest absolute Gasteiger partial charge is 0.197 e. The zero-order valence-electron chi connectivity index (χ0n) is 12.4. The Morgan fingerprint density at radius 1 is 0.950 bits per heavy atom. The second-order valence-corrected chi connectivity index (χ2v) is 5.84. The van der Waals surface area contributed by atoms with E-state index in [0.29, 0.717) is 5.92 Å². The van der Waals surface area contributed by atoms with Crippen molar-refractivity contribution < 1.29 is 0 Å². The summed E-state index contributed by atoms with van der Waals surface area (Å²) in [6.07, 6.45) is 0. The van der Waals surface area contributed by atoms with Gasteiger partial charge in [-0.15, -0.1) is 0 Å². The van der Waals surface area contributed by atoms with E-state index < -0.39 is 0 Å². The average molecular weight is 265 g/mol. The summed E-state index contributed by atoms with van der Waals surface area (Å²) < 4.78 is 2.12. The summed E-state index contributed by atoms with van der Waals surface area (Å²) >= 11 is 0. The van der Waals surface area contributed by atoms with Gasteiger partial charge in [0.25, 0.3) is 0 Å². The van der Waals surface area contributed by atoms with Crippen molar-refractivity contribution >= 4 is 21.8 Å². The van der Waals surface area contributed by atoms with Gasteiger partial charge >= 0.3 is 0 Å². The molecule has 20 heavy (non-hydrogen) atoms. The van der Waals surface area contributed by atoms with Crippen LogP contribution in [0.3, 0.4) is 0 Å². The fourth-order valence-electron chi connectivity index (χ4n) is 2.78. The molecule has 0 unspecified atom stereocenters. The highest BCUT2D eigenvalue weighted by Gasteiger charge is 2.10. The average Bonchev–Trinajstić information content (AvgIpc) is 2.44. The van der Waals surface area contributed by atoms with Gasteiger partial charge in [0.05, 0.1) is 11.0 Å². The maximum absolute atomic E-state index is 12.7. The molecule has 1 heterocycles. The molecule has 0 aliphatic heterocycles. The van der Waals surface area contributed by atoms with Crippen molar-refractivity contribution in [1.82, 2.24) is 4.57 Å². The Bertz CT molecular complexity index is 872. The third-order valence-electron chi connectivity index (χ3n) is 4.05. The molecular weight excluding hydrogens is 246 g/mol. The lowest BCUT2D eigenvalue weighted by Crippen LogP contribution is -2.09. The lowest BCUT2D eigenvalue weighted by atomic mass is 10.00. The minimum Gasteiger partial charge on any atom is -0.343 e. The van der Waals surface area contributed by atoms with E-state index in [1.165, 1.54) is 5.56 Å². The number of hydrogen-bond acceptors (Lipinski definition) is 1. The van der Waals surface area contributed by atoms with Gasteiger partial charge in [0.2, 0.25) is 0 Å². The molecule has 0 aliphatic carbocycles. The second-order valence-electron chi connectivity index (χ2n) is 5.84. The lowest BCUT2D eigenvalue weighted by Gasteiger charge is -2.13. The molecular formula is C18H19NO. The Morgan fingerprint density at radius 2 is 1.70 bits per heavy atom. The standard InChI is InChI=1S/C18H19NO/c1-11(2)13-6-7-14-17(10-13)19(4)16-8-5-12(3)9-15(16)18(14)20/h5-11H,1-4H3. The molecule has 0 saturated heterocycles. The van der Waals surface area contributed by atoms with Crippen molar-refractivity contribution in [3.8, 4) is 0 Å². The number of pyridine rings is 1. The van der Waals surface area contributed by atoms with Crippen molar-refractivity contribution in [3.63, 3.8) is 0 Å². The maximum atomic E-state index is 12.7. The molecule has 0 fully saturated rings. The molecule has 0 amide bonds. The van der Waals surface area contributed by atoms with Crippen LogP contribution in [0.2, 0.25) is 0 Å². The van der Waals surface area contributed by atoms with Crippen molar-refractivity contribution in [2.75, 3.05) is 0 Å². The van der Waals surface area contributed by atoms with E-state index >= 15 is 0 Å². The largest absolute Gasteiger partial charge is 0.343 e. The first-order valence-electron chi connectivity index (χ1n) is 7.02. The fourth-order valence-corrected chi connectivity index (χ4v) is 2.78. The van der Waals surface area contributed by atoms with Crippen molar-refractivity contribution in [3.05, 3.63) is 57.7 Å². The Morgan fingerprint density at radius 3 is 2.40 bits per heavy atom. The van der Waals surface area contributed by atoms with E-state index in [1.54, 1.807) is 0 Å². The number of aromatic nitrogens is 1. The van der Waals surface area contributed by atoms with Gasteiger partial charge in [0.15, 0.2) is 5.43 Å². The highest BCUT2D eigenvalue weighted by atomic mass is 16.1. The van der Waals surface area contributed by atoms with E-state index in [0.717, 1.165) is 27.4 Å². The molecule has 1 aromatic heterocycles. The van der Waals surface area contributed by atoms with Crippen LogP contribution in [0.25, 0.3) is 21.8 Å². The van der Waals surface area contributed by atoms with E-state index in [-0.39, 0.29) is 5.43 Å². The van der Waals surface area contributed by atoms with E-state index in [9.17, 15) is 4.79 Å². The first-order chi connectivity index (χ1) is 9.49. The Kier molecular flexibility index (Phi) is 2.89. The normalized spacial score (nSPS) is 11.7. The molecule has 0 saturated carbocycles. The van der Waals surface area contributed by atoms with E-state index in [4.69, 9.17) is 0 Å². The van der Waals surface area contributed by atoms with Crippen LogP contribution in [0.1, 0.15) is 30.9 Å². The quantitative estimate of drug-likeness (QED) is 0.606. The van der Waals surface area contributed by atoms with Gasteiger partial charge in [-0.3, -0.25) is 4.79 Å². The summed E-state index contributed by atoms with van der Waals surface area (Å²) in [7, 11) is 2.03. The highest BCUT2D eigenvalue weighted by molar-refractivity contribution is 5.93. The summed E-state index contributed by atoms with van der Waals surface area (Å²) in [5, 5.41) is 1.60. The van der Waals surface area contributed by atoms with Gasteiger partial charge in [0, 0.05) is 17.8 Å². The topological polar surface area (TPSA) is 22.0 Å². The highest BCUT2D eigenvalue weighted by Crippen LogP contribution is 2.23. The summed E-state index contributed by atoms with van der Waals surface area (Å²) in [6, 6.07) is 12.2. The number of benzene rings is 2. The van der Waals surface area contributed by atoms with Crippen molar-refractivity contribution in [1.29, 1.82) is 0 Å². The fraction of sp³-hybridized carbons (Fsp3) is 0.278. The SMILES string of the molecule is Cc1ccc2c(c1)c(=O)c1ccc(C(C)C)cc1n2C. The van der Waals surface area contributed by atoms with E-state index in [1.807, 2.05) is 32.2 Å².